The molecule has 0 saturated heterocycles. The van der Waals surface area contributed by atoms with Crippen molar-refractivity contribution >= 4 is 48.5 Å². The molecule has 1 amide bonds. The molecule has 7 heteroatoms. The second kappa shape index (κ2) is 10.7. The molecule has 2 aromatic heterocycles. The molecule has 164 valence electrons. The van der Waals surface area contributed by atoms with Crippen molar-refractivity contribution < 1.29 is 9.53 Å². The van der Waals surface area contributed by atoms with Crippen molar-refractivity contribution in [3.8, 4) is 5.75 Å². The van der Waals surface area contributed by atoms with Gasteiger partial charge in [0, 0.05) is 22.4 Å². The Balaban J connectivity index is 1.59. The van der Waals surface area contributed by atoms with Gasteiger partial charge in [0.15, 0.2) is 5.13 Å². The average Bonchev–Trinajstić information content (AvgIpc) is 3.24. The van der Waals surface area contributed by atoms with E-state index in [2.05, 4.69) is 27.8 Å². The molecule has 0 unspecified atom stereocenters. The SMILES string of the molecule is CCCCCOc1ccc(C(=O)N(Cc2cccnc2)c2nc3ccc(Br)cc3s2)cc1. The van der Waals surface area contributed by atoms with E-state index < -0.39 is 0 Å². The molecular formula is C25H24BrN3O2S. The van der Waals surface area contributed by atoms with E-state index in [4.69, 9.17) is 9.72 Å². The topological polar surface area (TPSA) is 55.3 Å². The summed E-state index contributed by atoms with van der Waals surface area (Å²) in [4.78, 5) is 24.2. The van der Waals surface area contributed by atoms with Crippen LogP contribution in [-0.2, 0) is 6.54 Å². The van der Waals surface area contributed by atoms with Crippen LogP contribution in [0.1, 0.15) is 42.1 Å². The fourth-order valence-electron chi connectivity index (χ4n) is 3.29. The zero-order valence-electron chi connectivity index (χ0n) is 17.8. The van der Waals surface area contributed by atoms with E-state index in [-0.39, 0.29) is 5.91 Å². The van der Waals surface area contributed by atoms with E-state index in [1.54, 1.807) is 17.3 Å². The van der Waals surface area contributed by atoms with Crippen LogP contribution < -0.4 is 9.64 Å². The standard InChI is InChI=1S/C25H24BrN3O2S/c1-2-3-4-14-31-21-10-7-19(8-11-21)24(30)29(17-18-6-5-13-27-16-18)25-28-22-12-9-20(26)15-23(22)32-25/h5-13,15-16H,2-4,14,17H2,1H3. The first kappa shape index (κ1) is 22.4. The summed E-state index contributed by atoms with van der Waals surface area (Å²) in [5, 5.41) is 0.659. The maximum Gasteiger partial charge on any atom is 0.260 e. The largest absolute Gasteiger partial charge is 0.494 e. The molecule has 0 aliphatic heterocycles. The van der Waals surface area contributed by atoms with Gasteiger partial charge in [0.05, 0.1) is 23.4 Å². The van der Waals surface area contributed by atoms with Gasteiger partial charge in [-0.1, -0.05) is 53.1 Å². The van der Waals surface area contributed by atoms with Crippen LogP contribution >= 0.6 is 27.3 Å². The van der Waals surface area contributed by atoms with Gasteiger partial charge in [-0.25, -0.2) is 4.98 Å². The molecule has 4 aromatic rings. The van der Waals surface area contributed by atoms with E-state index in [0.29, 0.717) is 23.8 Å². The van der Waals surface area contributed by atoms with Crippen molar-refractivity contribution in [2.24, 2.45) is 0 Å². The van der Waals surface area contributed by atoms with Gasteiger partial charge in [0.25, 0.3) is 5.91 Å². The highest BCUT2D eigenvalue weighted by Gasteiger charge is 2.22. The van der Waals surface area contributed by atoms with Crippen LogP contribution in [0, 0.1) is 0 Å². The van der Waals surface area contributed by atoms with Crippen LogP contribution in [0.25, 0.3) is 10.2 Å². The quantitative estimate of drug-likeness (QED) is 0.231. The number of carbonyl (C=O) groups excluding carboxylic acids is 1. The molecule has 2 aromatic carbocycles. The maximum absolute atomic E-state index is 13.5. The molecule has 0 saturated carbocycles. The number of thiazole rings is 1. The lowest BCUT2D eigenvalue weighted by molar-refractivity contribution is 0.0985. The number of fused-ring (bicyclic) bond motifs is 1. The Bertz CT molecular complexity index is 1180. The van der Waals surface area contributed by atoms with Crippen LogP contribution in [0.3, 0.4) is 0 Å². The minimum absolute atomic E-state index is 0.107. The van der Waals surface area contributed by atoms with E-state index in [1.807, 2.05) is 54.6 Å². The summed E-state index contributed by atoms with van der Waals surface area (Å²) in [6.45, 7) is 3.25. The second-order valence-corrected chi connectivity index (χ2v) is 9.37. The van der Waals surface area contributed by atoms with Gasteiger partial charge in [-0.05, 0) is 60.5 Å². The van der Waals surface area contributed by atoms with Gasteiger partial charge >= 0.3 is 0 Å². The summed E-state index contributed by atoms with van der Waals surface area (Å²) >= 11 is 5.01. The first-order valence-corrected chi connectivity index (χ1v) is 12.2. The predicted molar refractivity (Wildman–Crippen MR) is 134 cm³/mol. The van der Waals surface area contributed by atoms with Crippen LogP contribution in [-0.4, -0.2) is 22.5 Å². The minimum Gasteiger partial charge on any atom is -0.494 e. The zero-order chi connectivity index (χ0) is 22.3. The Kier molecular flexibility index (Phi) is 7.50. The van der Waals surface area contributed by atoms with Gasteiger partial charge in [-0.2, -0.15) is 0 Å². The number of amides is 1. The summed E-state index contributed by atoms with van der Waals surface area (Å²) in [5.74, 6) is 0.672. The van der Waals surface area contributed by atoms with Crippen molar-refractivity contribution in [3.05, 3.63) is 82.6 Å². The van der Waals surface area contributed by atoms with Gasteiger partial charge in [0.1, 0.15) is 5.75 Å². The lowest BCUT2D eigenvalue weighted by Gasteiger charge is -2.20. The van der Waals surface area contributed by atoms with Crippen LogP contribution in [0.4, 0.5) is 5.13 Å². The van der Waals surface area contributed by atoms with E-state index >= 15 is 0 Å². The first-order valence-electron chi connectivity index (χ1n) is 10.6. The van der Waals surface area contributed by atoms with Gasteiger partial charge in [-0.3, -0.25) is 14.7 Å². The van der Waals surface area contributed by atoms with Crippen molar-refractivity contribution in [1.29, 1.82) is 0 Å². The molecular weight excluding hydrogens is 486 g/mol. The molecule has 0 spiro atoms. The Morgan fingerprint density at radius 2 is 1.97 bits per heavy atom. The molecule has 5 nitrogen and oxygen atoms in total. The van der Waals surface area contributed by atoms with Crippen LogP contribution in [0.5, 0.6) is 5.75 Å². The Hall–Kier alpha value is -2.77. The lowest BCUT2D eigenvalue weighted by atomic mass is 10.1. The third-order valence-corrected chi connectivity index (χ3v) is 6.53. The summed E-state index contributed by atoms with van der Waals surface area (Å²) < 4.78 is 7.80. The Morgan fingerprint density at radius 3 is 2.72 bits per heavy atom. The number of ether oxygens (including phenoxy) is 1. The summed E-state index contributed by atoms with van der Waals surface area (Å²) in [6.07, 6.45) is 6.84. The molecule has 0 N–H and O–H groups in total. The molecule has 0 atom stereocenters. The van der Waals surface area contributed by atoms with Crippen LogP contribution in [0.2, 0.25) is 0 Å². The Labute approximate surface area is 200 Å². The highest BCUT2D eigenvalue weighted by Crippen LogP contribution is 2.32. The van der Waals surface area contributed by atoms with Gasteiger partial charge < -0.3 is 4.74 Å². The number of hydrogen-bond acceptors (Lipinski definition) is 5. The summed E-state index contributed by atoms with van der Waals surface area (Å²) in [6, 6.07) is 17.1. The van der Waals surface area contributed by atoms with Crippen LogP contribution in [0.15, 0.2) is 71.5 Å². The number of benzene rings is 2. The average molecular weight is 510 g/mol. The van der Waals surface area contributed by atoms with Crippen molar-refractivity contribution in [1.82, 2.24) is 9.97 Å². The fourth-order valence-corrected chi connectivity index (χ4v) is 4.81. The molecule has 0 aliphatic carbocycles. The normalized spacial score (nSPS) is 10.9. The number of unbranched alkanes of at least 4 members (excludes halogenated alkanes) is 2. The summed E-state index contributed by atoms with van der Waals surface area (Å²) in [7, 11) is 0. The number of pyridine rings is 1. The molecule has 0 aliphatic rings. The fraction of sp³-hybridized carbons (Fsp3) is 0.240. The minimum atomic E-state index is -0.107. The first-order chi connectivity index (χ1) is 15.6. The van der Waals surface area contributed by atoms with E-state index in [0.717, 1.165) is 45.3 Å². The third kappa shape index (κ3) is 5.53. The number of carbonyl (C=O) groups is 1. The highest BCUT2D eigenvalue weighted by atomic mass is 79.9. The van der Waals surface area contributed by atoms with Gasteiger partial charge in [-0.15, -0.1) is 0 Å². The molecule has 32 heavy (non-hydrogen) atoms. The second-order valence-electron chi connectivity index (χ2n) is 7.44. The third-order valence-electron chi connectivity index (χ3n) is 5.00. The number of rotatable bonds is 9. The smallest absolute Gasteiger partial charge is 0.260 e. The molecule has 4 rings (SSSR count). The van der Waals surface area contributed by atoms with Crippen molar-refractivity contribution in [2.75, 3.05) is 11.5 Å². The number of hydrogen-bond donors (Lipinski definition) is 0. The molecule has 2 heterocycles. The number of aromatic nitrogens is 2. The highest BCUT2D eigenvalue weighted by molar-refractivity contribution is 9.10. The predicted octanol–water partition coefficient (Wildman–Crippen LogP) is 6.87. The number of halogens is 1. The Morgan fingerprint density at radius 1 is 1.12 bits per heavy atom. The lowest BCUT2D eigenvalue weighted by Crippen LogP contribution is -2.30. The summed E-state index contributed by atoms with van der Waals surface area (Å²) in [5.41, 5.74) is 2.40. The molecule has 0 radical (unpaired) electrons. The van der Waals surface area contributed by atoms with Crippen molar-refractivity contribution in [3.63, 3.8) is 0 Å². The monoisotopic (exact) mass is 509 g/mol. The zero-order valence-corrected chi connectivity index (χ0v) is 20.2. The number of nitrogens with zero attached hydrogens (tertiary/aromatic N) is 3. The van der Waals surface area contributed by atoms with Crippen molar-refractivity contribution in [2.45, 2.75) is 32.7 Å². The van der Waals surface area contributed by atoms with E-state index in [1.165, 1.54) is 11.3 Å². The maximum atomic E-state index is 13.5. The van der Waals surface area contributed by atoms with Gasteiger partial charge in [0.2, 0.25) is 0 Å². The molecule has 0 bridgehead atoms. The number of anilines is 1. The van der Waals surface area contributed by atoms with E-state index in [9.17, 15) is 4.79 Å². The molecule has 0 fully saturated rings.